The minimum Gasteiger partial charge on any atom is -0.481 e. The molecular formula is C14H20N2O3S. The maximum Gasteiger partial charge on any atom is 0.303 e. The highest BCUT2D eigenvalue weighted by Gasteiger charge is 2.26. The Morgan fingerprint density at radius 1 is 1.30 bits per heavy atom. The molecule has 20 heavy (non-hydrogen) atoms. The van der Waals surface area contributed by atoms with Crippen molar-refractivity contribution in [1.29, 1.82) is 0 Å². The predicted octanol–water partition coefficient (Wildman–Crippen LogP) is 2.85. The predicted molar refractivity (Wildman–Crippen MR) is 78.0 cm³/mol. The van der Waals surface area contributed by atoms with Crippen molar-refractivity contribution in [2.75, 3.05) is 5.32 Å². The van der Waals surface area contributed by atoms with E-state index in [2.05, 4.69) is 10.3 Å². The van der Waals surface area contributed by atoms with Crippen LogP contribution in [0.2, 0.25) is 0 Å². The summed E-state index contributed by atoms with van der Waals surface area (Å²) in [6.45, 7) is 3.57. The number of hydrogen-bond donors (Lipinski definition) is 2. The molecule has 0 fully saturated rings. The highest BCUT2D eigenvalue weighted by Crippen LogP contribution is 2.30. The molecular weight excluding hydrogens is 276 g/mol. The molecule has 0 saturated heterocycles. The average molecular weight is 296 g/mol. The van der Waals surface area contributed by atoms with Crippen LogP contribution in [0.25, 0.3) is 0 Å². The Hall–Kier alpha value is -1.43. The summed E-state index contributed by atoms with van der Waals surface area (Å²) >= 11 is 1.54. The summed E-state index contributed by atoms with van der Waals surface area (Å²) in [7, 11) is 0. The van der Waals surface area contributed by atoms with Crippen molar-refractivity contribution in [3.8, 4) is 0 Å². The second-order valence-electron chi connectivity index (χ2n) is 6.06. The molecule has 1 heterocycles. The Kier molecular flexibility index (Phi) is 4.42. The topological polar surface area (TPSA) is 79.3 Å². The van der Waals surface area contributed by atoms with Gasteiger partial charge in [-0.1, -0.05) is 13.8 Å². The van der Waals surface area contributed by atoms with E-state index < -0.39 is 11.4 Å². The summed E-state index contributed by atoms with van der Waals surface area (Å²) in [5.41, 5.74) is 0.564. The quantitative estimate of drug-likeness (QED) is 0.875. The normalized spacial score (nSPS) is 14.7. The van der Waals surface area contributed by atoms with Crippen molar-refractivity contribution in [1.82, 2.24) is 4.98 Å². The van der Waals surface area contributed by atoms with Gasteiger partial charge in [0.1, 0.15) is 0 Å². The number of fused-ring (bicyclic) bond motifs is 1. The van der Waals surface area contributed by atoms with Gasteiger partial charge in [-0.25, -0.2) is 4.98 Å². The molecule has 110 valence electrons. The van der Waals surface area contributed by atoms with Gasteiger partial charge in [0.2, 0.25) is 5.91 Å². The summed E-state index contributed by atoms with van der Waals surface area (Å²) in [6.07, 6.45) is 4.56. The standard InChI is InChI=1S/C14H20N2O3S/c1-14(2,8-12(18)19)7-11(17)16-13-15-9-5-3-4-6-10(9)20-13/h3-8H2,1-2H3,(H,18,19)(H,15,16,17). The first-order valence-electron chi connectivity index (χ1n) is 6.86. The number of nitrogens with zero attached hydrogens (tertiary/aromatic N) is 1. The van der Waals surface area contributed by atoms with Crippen LogP contribution in [0.3, 0.4) is 0 Å². The zero-order valence-corrected chi connectivity index (χ0v) is 12.7. The lowest BCUT2D eigenvalue weighted by Gasteiger charge is -2.20. The number of amides is 1. The van der Waals surface area contributed by atoms with E-state index in [-0.39, 0.29) is 18.7 Å². The van der Waals surface area contributed by atoms with Gasteiger partial charge in [-0.3, -0.25) is 9.59 Å². The third kappa shape index (κ3) is 4.03. The first kappa shape index (κ1) is 15.0. The Morgan fingerprint density at radius 3 is 2.65 bits per heavy atom. The molecule has 1 amide bonds. The number of hydrogen-bond acceptors (Lipinski definition) is 4. The van der Waals surface area contributed by atoms with Crippen molar-refractivity contribution < 1.29 is 14.7 Å². The van der Waals surface area contributed by atoms with Gasteiger partial charge in [-0.05, 0) is 31.1 Å². The molecule has 0 aromatic carbocycles. The van der Waals surface area contributed by atoms with E-state index in [1.165, 1.54) is 11.3 Å². The molecule has 1 aliphatic rings. The number of carbonyl (C=O) groups excluding carboxylic acids is 1. The van der Waals surface area contributed by atoms with Crippen LogP contribution in [0.1, 0.15) is 50.1 Å². The summed E-state index contributed by atoms with van der Waals surface area (Å²) in [5.74, 6) is -1.05. The van der Waals surface area contributed by atoms with Gasteiger partial charge in [-0.15, -0.1) is 11.3 Å². The van der Waals surface area contributed by atoms with Gasteiger partial charge < -0.3 is 10.4 Å². The number of carbonyl (C=O) groups is 2. The highest BCUT2D eigenvalue weighted by atomic mass is 32.1. The first-order valence-corrected chi connectivity index (χ1v) is 7.68. The maximum atomic E-state index is 12.0. The minimum absolute atomic E-state index is 0.0191. The third-order valence-corrected chi connectivity index (χ3v) is 4.43. The molecule has 0 unspecified atom stereocenters. The zero-order valence-electron chi connectivity index (χ0n) is 11.9. The lowest BCUT2D eigenvalue weighted by atomic mass is 9.85. The van der Waals surface area contributed by atoms with Crippen LogP contribution >= 0.6 is 11.3 Å². The number of aromatic nitrogens is 1. The lowest BCUT2D eigenvalue weighted by Crippen LogP contribution is -2.24. The van der Waals surface area contributed by atoms with E-state index in [4.69, 9.17) is 5.11 Å². The number of nitrogens with one attached hydrogen (secondary N) is 1. The summed E-state index contributed by atoms with van der Waals surface area (Å²) in [5, 5.41) is 12.3. The molecule has 1 aliphatic carbocycles. The molecule has 1 aromatic heterocycles. The fourth-order valence-electron chi connectivity index (χ4n) is 2.48. The number of thiazole rings is 1. The average Bonchev–Trinajstić information content (AvgIpc) is 2.67. The SMILES string of the molecule is CC(C)(CC(=O)O)CC(=O)Nc1nc2c(s1)CCCC2. The fourth-order valence-corrected chi connectivity index (χ4v) is 3.54. The summed E-state index contributed by atoms with van der Waals surface area (Å²) in [6, 6.07) is 0. The molecule has 0 bridgehead atoms. The molecule has 2 rings (SSSR count). The Bertz CT molecular complexity index is 499. The van der Waals surface area contributed by atoms with Crippen molar-refractivity contribution in [2.45, 2.75) is 52.4 Å². The minimum atomic E-state index is -0.882. The van der Waals surface area contributed by atoms with E-state index >= 15 is 0 Å². The molecule has 0 aliphatic heterocycles. The molecule has 0 spiro atoms. The third-order valence-electron chi connectivity index (χ3n) is 3.36. The first-order chi connectivity index (χ1) is 9.35. The molecule has 6 heteroatoms. The van der Waals surface area contributed by atoms with Crippen LogP contribution in [0, 0.1) is 5.41 Å². The van der Waals surface area contributed by atoms with E-state index in [0.29, 0.717) is 5.13 Å². The molecule has 0 radical (unpaired) electrons. The van der Waals surface area contributed by atoms with Gasteiger partial charge in [0, 0.05) is 11.3 Å². The van der Waals surface area contributed by atoms with Gasteiger partial charge in [0.05, 0.1) is 12.1 Å². The highest BCUT2D eigenvalue weighted by molar-refractivity contribution is 7.15. The van der Waals surface area contributed by atoms with Crippen LogP contribution in [-0.2, 0) is 22.4 Å². The number of anilines is 1. The number of carboxylic acids is 1. The van der Waals surface area contributed by atoms with Gasteiger partial charge in [-0.2, -0.15) is 0 Å². The monoisotopic (exact) mass is 296 g/mol. The Balaban J connectivity index is 1.94. The Morgan fingerprint density at radius 2 is 2.00 bits per heavy atom. The number of aliphatic carboxylic acids is 1. The van der Waals surface area contributed by atoms with Gasteiger partial charge in [0.15, 0.2) is 5.13 Å². The van der Waals surface area contributed by atoms with Crippen molar-refractivity contribution in [3.05, 3.63) is 10.6 Å². The van der Waals surface area contributed by atoms with Crippen LogP contribution in [0.5, 0.6) is 0 Å². The van der Waals surface area contributed by atoms with E-state index in [1.54, 1.807) is 25.2 Å². The van der Waals surface area contributed by atoms with Crippen LogP contribution in [-0.4, -0.2) is 22.0 Å². The number of aryl methyl sites for hydroxylation is 2. The van der Waals surface area contributed by atoms with E-state index in [9.17, 15) is 9.59 Å². The van der Waals surface area contributed by atoms with E-state index in [1.807, 2.05) is 0 Å². The van der Waals surface area contributed by atoms with Crippen molar-refractivity contribution in [3.63, 3.8) is 0 Å². The molecule has 1 aromatic rings. The summed E-state index contributed by atoms with van der Waals surface area (Å²) < 4.78 is 0. The zero-order chi connectivity index (χ0) is 14.8. The number of rotatable bonds is 5. The van der Waals surface area contributed by atoms with Gasteiger partial charge >= 0.3 is 5.97 Å². The number of carboxylic acid groups (broad SMARTS) is 1. The van der Waals surface area contributed by atoms with Crippen LogP contribution in [0.15, 0.2) is 0 Å². The maximum absolute atomic E-state index is 12.0. The lowest BCUT2D eigenvalue weighted by molar-refractivity contribution is -0.139. The molecule has 0 saturated carbocycles. The summed E-state index contributed by atoms with van der Waals surface area (Å²) in [4.78, 5) is 28.5. The second-order valence-corrected chi connectivity index (χ2v) is 7.14. The second kappa shape index (κ2) is 5.91. The Labute approximate surface area is 122 Å². The van der Waals surface area contributed by atoms with Crippen LogP contribution < -0.4 is 5.32 Å². The van der Waals surface area contributed by atoms with Crippen molar-refractivity contribution >= 4 is 28.3 Å². The van der Waals surface area contributed by atoms with Gasteiger partial charge in [0.25, 0.3) is 0 Å². The van der Waals surface area contributed by atoms with Crippen molar-refractivity contribution in [2.24, 2.45) is 5.41 Å². The van der Waals surface area contributed by atoms with Crippen LogP contribution in [0.4, 0.5) is 5.13 Å². The molecule has 2 N–H and O–H groups in total. The fraction of sp³-hybridized carbons (Fsp3) is 0.643. The molecule has 5 nitrogen and oxygen atoms in total. The largest absolute Gasteiger partial charge is 0.481 e. The van der Waals surface area contributed by atoms with E-state index in [0.717, 1.165) is 25.0 Å². The molecule has 0 atom stereocenters. The smallest absolute Gasteiger partial charge is 0.303 e.